The van der Waals surface area contributed by atoms with Crippen LogP contribution < -0.4 is 10.1 Å². The van der Waals surface area contributed by atoms with Gasteiger partial charge in [-0.1, -0.05) is 66.4 Å². The average Bonchev–Trinajstić information content (AvgIpc) is 2.78. The Morgan fingerprint density at radius 3 is 2.45 bits per heavy atom. The second-order valence-electron chi connectivity index (χ2n) is 6.48. The highest BCUT2D eigenvalue weighted by Gasteiger charge is 2.06. The number of amides is 1. The number of anilines is 1. The average molecular weight is 401 g/mol. The number of benzene rings is 3. The summed E-state index contributed by atoms with van der Waals surface area (Å²) in [6.07, 6.45) is 0. The number of thioether (sulfide) groups is 1. The number of carbonyl (C=O) groups excluding carboxylic acids is 1. The third-order valence-corrected chi connectivity index (χ3v) is 5.24. The molecule has 4 nitrogen and oxygen atoms in total. The lowest BCUT2D eigenvalue weighted by atomic mass is 10.2. The summed E-state index contributed by atoms with van der Waals surface area (Å²) in [5.41, 5.74) is 2.79. The molecule has 3 aromatic carbocycles. The minimum atomic E-state index is -0.0667. The van der Waals surface area contributed by atoms with Crippen LogP contribution in [-0.2, 0) is 11.4 Å². The molecular formula is C24H20N2O2S. The number of carbonyl (C=O) groups is 1. The molecule has 0 atom stereocenters. The van der Waals surface area contributed by atoms with Crippen molar-refractivity contribution in [1.82, 2.24) is 4.98 Å². The summed E-state index contributed by atoms with van der Waals surface area (Å²) in [5.74, 6) is 1.00. The van der Waals surface area contributed by atoms with Crippen LogP contribution in [0.5, 0.6) is 5.75 Å². The number of nitrogens with one attached hydrogen (secondary N) is 1. The number of fused-ring (bicyclic) bond motifs is 1. The first kappa shape index (κ1) is 19.0. The molecule has 1 amide bonds. The number of rotatable bonds is 7. The van der Waals surface area contributed by atoms with E-state index in [0.29, 0.717) is 12.4 Å². The molecule has 4 rings (SSSR count). The fourth-order valence-corrected chi connectivity index (χ4v) is 3.52. The molecule has 0 spiro atoms. The van der Waals surface area contributed by atoms with Crippen molar-refractivity contribution >= 4 is 34.3 Å². The number of ether oxygens (including phenoxy) is 1. The smallest absolute Gasteiger partial charge is 0.234 e. The standard InChI is InChI=1S/C24H20N2O2S/c27-23(17-29-24-15-10-19-8-4-5-9-22(19)26-24)25-20-11-13-21(14-12-20)28-16-18-6-2-1-3-7-18/h1-15H,16-17H2,(H,25,27). The zero-order valence-electron chi connectivity index (χ0n) is 15.7. The minimum Gasteiger partial charge on any atom is -0.489 e. The Morgan fingerprint density at radius 2 is 1.62 bits per heavy atom. The van der Waals surface area contributed by atoms with Crippen molar-refractivity contribution in [3.63, 3.8) is 0 Å². The molecule has 0 saturated heterocycles. The normalized spacial score (nSPS) is 10.6. The molecule has 0 fully saturated rings. The molecule has 1 aromatic heterocycles. The van der Waals surface area contributed by atoms with Crippen LogP contribution >= 0.6 is 11.8 Å². The van der Waals surface area contributed by atoms with Crippen LogP contribution in [0.15, 0.2) is 96.0 Å². The first-order valence-electron chi connectivity index (χ1n) is 9.31. The van der Waals surface area contributed by atoms with Gasteiger partial charge in [0.25, 0.3) is 0 Å². The van der Waals surface area contributed by atoms with Gasteiger partial charge >= 0.3 is 0 Å². The highest BCUT2D eigenvalue weighted by atomic mass is 32.2. The maximum absolute atomic E-state index is 12.3. The zero-order chi connectivity index (χ0) is 19.9. The topological polar surface area (TPSA) is 51.2 Å². The van der Waals surface area contributed by atoms with Gasteiger partial charge in [0.1, 0.15) is 12.4 Å². The van der Waals surface area contributed by atoms with E-state index in [0.717, 1.165) is 32.9 Å². The van der Waals surface area contributed by atoms with Crippen molar-refractivity contribution in [3.8, 4) is 5.75 Å². The Hall–Kier alpha value is -3.31. The molecule has 29 heavy (non-hydrogen) atoms. The van der Waals surface area contributed by atoms with Crippen molar-refractivity contribution in [2.24, 2.45) is 0 Å². The predicted octanol–water partition coefficient (Wildman–Crippen LogP) is 5.54. The van der Waals surface area contributed by atoms with E-state index in [9.17, 15) is 4.79 Å². The van der Waals surface area contributed by atoms with Gasteiger partial charge in [0.15, 0.2) is 0 Å². The quantitative estimate of drug-likeness (QED) is 0.414. The SMILES string of the molecule is O=C(CSc1ccc2ccccc2n1)Nc1ccc(OCc2ccccc2)cc1. The van der Waals surface area contributed by atoms with E-state index in [4.69, 9.17) is 4.74 Å². The Kier molecular flexibility index (Phi) is 6.07. The van der Waals surface area contributed by atoms with Gasteiger partial charge in [-0.25, -0.2) is 4.98 Å². The maximum atomic E-state index is 12.3. The van der Waals surface area contributed by atoms with Crippen molar-refractivity contribution in [3.05, 3.63) is 96.6 Å². The van der Waals surface area contributed by atoms with Gasteiger partial charge in [0.2, 0.25) is 5.91 Å². The lowest BCUT2D eigenvalue weighted by molar-refractivity contribution is -0.113. The van der Waals surface area contributed by atoms with Crippen molar-refractivity contribution in [2.75, 3.05) is 11.1 Å². The van der Waals surface area contributed by atoms with Gasteiger partial charge in [-0.05, 0) is 42.0 Å². The number of pyridine rings is 1. The minimum absolute atomic E-state index is 0.0667. The molecule has 0 radical (unpaired) electrons. The van der Waals surface area contributed by atoms with E-state index >= 15 is 0 Å². The molecule has 4 aromatic rings. The molecule has 0 saturated carbocycles. The molecule has 0 aliphatic rings. The van der Waals surface area contributed by atoms with E-state index in [2.05, 4.69) is 10.3 Å². The number of aromatic nitrogens is 1. The molecule has 1 heterocycles. The summed E-state index contributed by atoms with van der Waals surface area (Å²) >= 11 is 1.42. The fraction of sp³-hybridized carbons (Fsp3) is 0.0833. The number of hydrogen-bond acceptors (Lipinski definition) is 4. The van der Waals surface area contributed by atoms with Crippen molar-refractivity contribution in [1.29, 1.82) is 0 Å². The maximum Gasteiger partial charge on any atom is 0.234 e. The second kappa shape index (κ2) is 9.26. The largest absolute Gasteiger partial charge is 0.489 e. The van der Waals surface area contributed by atoms with Crippen LogP contribution in [-0.4, -0.2) is 16.6 Å². The van der Waals surface area contributed by atoms with Gasteiger partial charge in [-0.15, -0.1) is 0 Å². The third-order valence-electron chi connectivity index (χ3n) is 4.31. The summed E-state index contributed by atoms with van der Waals surface area (Å²) in [5, 5.41) is 4.84. The number of hydrogen-bond donors (Lipinski definition) is 1. The summed E-state index contributed by atoms with van der Waals surface area (Å²) in [7, 11) is 0. The van der Waals surface area contributed by atoms with Crippen molar-refractivity contribution in [2.45, 2.75) is 11.6 Å². The summed E-state index contributed by atoms with van der Waals surface area (Å²) in [4.78, 5) is 16.8. The molecule has 1 N–H and O–H groups in total. The number of para-hydroxylation sites is 1. The summed E-state index contributed by atoms with van der Waals surface area (Å²) in [6.45, 7) is 0.516. The Morgan fingerprint density at radius 1 is 0.862 bits per heavy atom. The summed E-state index contributed by atoms with van der Waals surface area (Å²) < 4.78 is 5.77. The highest BCUT2D eigenvalue weighted by Crippen LogP contribution is 2.21. The van der Waals surface area contributed by atoms with Gasteiger partial charge in [-0.3, -0.25) is 4.79 Å². The summed E-state index contributed by atoms with van der Waals surface area (Å²) in [6, 6.07) is 29.3. The first-order valence-corrected chi connectivity index (χ1v) is 10.3. The van der Waals surface area contributed by atoms with Crippen molar-refractivity contribution < 1.29 is 9.53 Å². The Labute approximate surface area is 173 Å². The number of nitrogens with zero attached hydrogens (tertiary/aromatic N) is 1. The van der Waals surface area contributed by atoms with E-state index in [-0.39, 0.29) is 5.91 Å². The fourth-order valence-electron chi connectivity index (χ4n) is 2.84. The van der Waals surface area contributed by atoms with E-state index in [1.165, 1.54) is 11.8 Å². The van der Waals surface area contributed by atoms with Crippen LogP contribution in [0.2, 0.25) is 0 Å². The first-order chi connectivity index (χ1) is 14.3. The van der Waals surface area contributed by atoms with Crippen LogP contribution in [0.25, 0.3) is 10.9 Å². The van der Waals surface area contributed by atoms with E-state index in [1.54, 1.807) is 0 Å². The lowest BCUT2D eigenvalue weighted by Crippen LogP contribution is -2.14. The van der Waals surface area contributed by atoms with E-state index < -0.39 is 0 Å². The molecule has 0 aliphatic carbocycles. The van der Waals surface area contributed by atoms with Crippen LogP contribution in [0.4, 0.5) is 5.69 Å². The van der Waals surface area contributed by atoms with Crippen LogP contribution in [0.3, 0.4) is 0 Å². The van der Waals surface area contributed by atoms with Gasteiger partial charge in [-0.2, -0.15) is 0 Å². The molecule has 144 valence electrons. The molecule has 5 heteroatoms. The molecule has 0 unspecified atom stereocenters. The Balaban J connectivity index is 1.27. The molecule has 0 aliphatic heterocycles. The Bertz CT molecular complexity index is 1100. The monoisotopic (exact) mass is 400 g/mol. The molecular weight excluding hydrogens is 380 g/mol. The second-order valence-corrected chi connectivity index (χ2v) is 7.47. The zero-order valence-corrected chi connectivity index (χ0v) is 16.6. The van der Waals surface area contributed by atoms with Gasteiger partial charge < -0.3 is 10.1 Å². The van der Waals surface area contributed by atoms with E-state index in [1.807, 2.05) is 91.0 Å². The van der Waals surface area contributed by atoms with Gasteiger partial charge in [0.05, 0.1) is 16.3 Å². The highest BCUT2D eigenvalue weighted by molar-refractivity contribution is 7.99. The van der Waals surface area contributed by atoms with Crippen LogP contribution in [0.1, 0.15) is 5.56 Å². The lowest BCUT2D eigenvalue weighted by Gasteiger charge is -2.08. The predicted molar refractivity (Wildman–Crippen MR) is 118 cm³/mol. The molecule has 0 bridgehead atoms. The van der Waals surface area contributed by atoms with Crippen LogP contribution in [0, 0.1) is 0 Å². The third kappa shape index (κ3) is 5.36. The van der Waals surface area contributed by atoms with Gasteiger partial charge in [0, 0.05) is 11.1 Å².